The van der Waals surface area contributed by atoms with Gasteiger partial charge in [0.15, 0.2) is 16.6 Å². The maximum atomic E-state index is 12.5. The number of nitrogens with one attached hydrogen (secondary N) is 1. The lowest BCUT2D eigenvalue weighted by molar-refractivity contribution is -0.384. The number of hydrogen-bond donors (Lipinski definition) is 2. The number of nitrogens with two attached hydrogens (primary N) is 1. The van der Waals surface area contributed by atoms with Gasteiger partial charge in [0.05, 0.1) is 22.7 Å². The summed E-state index contributed by atoms with van der Waals surface area (Å²) in [5.41, 5.74) is 7.94. The van der Waals surface area contributed by atoms with E-state index in [4.69, 9.17) is 14.7 Å². The minimum Gasteiger partial charge on any atom is -0.493 e. The maximum absolute atomic E-state index is 12.5. The van der Waals surface area contributed by atoms with Crippen LogP contribution in [0.4, 0.5) is 5.69 Å². The number of nitro benzene ring substituents is 1. The Morgan fingerprint density at radius 1 is 1.36 bits per heavy atom. The van der Waals surface area contributed by atoms with Crippen LogP contribution in [0, 0.1) is 10.1 Å². The van der Waals surface area contributed by atoms with Gasteiger partial charge in [-0.3, -0.25) is 15.5 Å². The van der Waals surface area contributed by atoms with E-state index in [0.717, 1.165) is 24.3 Å². The van der Waals surface area contributed by atoms with Gasteiger partial charge in [-0.05, 0) is 58.0 Å². The molecule has 13 heteroatoms. The summed E-state index contributed by atoms with van der Waals surface area (Å²) in [7, 11) is -2.93. The Bertz CT molecular complexity index is 1040. The van der Waals surface area contributed by atoms with Crippen LogP contribution in [0.2, 0.25) is 0 Å². The average Bonchev–Trinajstić information content (AvgIpc) is 2.63. The van der Waals surface area contributed by atoms with Crippen molar-refractivity contribution in [1.29, 1.82) is 0 Å². The molecule has 0 aromatic heterocycles. The molecule has 0 spiro atoms. The third kappa shape index (κ3) is 5.37. The van der Waals surface area contributed by atoms with E-state index in [1.165, 1.54) is 25.5 Å². The van der Waals surface area contributed by atoms with Gasteiger partial charge in [0.25, 0.3) is 5.69 Å². The normalized spacial score (nSPS) is 11.2. The monoisotopic (exact) mass is 488 g/mol. The fourth-order valence-electron chi connectivity index (χ4n) is 1.96. The number of benzene rings is 2. The van der Waals surface area contributed by atoms with Crippen LogP contribution in [0.15, 0.2) is 50.9 Å². The summed E-state index contributed by atoms with van der Waals surface area (Å²) in [5.74, 6) is 0.0111. The summed E-state index contributed by atoms with van der Waals surface area (Å²) in [6.45, 7) is 0. The average molecular weight is 489 g/mol. The van der Waals surface area contributed by atoms with E-state index in [1.807, 2.05) is 0 Å². The van der Waals surface area contributed by atoms with E-state index >= 15 is 0 Å². The number of hydrogen-bond acceptors (Lipinski definition) is 8. The van der Waals surface area contributed by atoms with Crippen molar-refractivity contribution in [1.82, 2.24) is 5.43 Å². The van der Waals surface area contributed by atoms with Gasteiger partial charge in [-0.2, -0.15) is 13.5 Å². The Labute approximate surface area is 173 Å². The zero-order chi connectivity index (χ0) is 20.9. The van der Waals surface area contributed by atoms with Gasteiger partial charge in [0.1, 0.15) is 4.90 Å². The van der Waals surface area contributed by atoms with Gasteiger partial charge in [-0.25, -0.2) is 0 Å². The van der Waals surface area contributed by atoms with Crippen LogP contribution in [-0.4, -0.2) is 31.8 Å². The van der Waals surface area contributed by atoms with Crippen LogP contribution in [0.3, 0.4) is 0 Å². The van der Waals surface area contributed by atoms with Crippen molar-refractivity contribution < 1.29 is 22.3 Å². The molecular weight excluding hydrogens is 476 g/mol. The number of nitro groups is 1. The van der Waals surface area contributed by atoms with Crippen LogP contribution < -0.4 is 20.1 Å². The molecule has 2 rings (SSSR count). The van der Waals surface area contributed by atoms with Crippen molar-refractivity contribution in [2.24, 2.45) is 10.8 Å². The van der Waals surface area contributed by atoms with Crippen molar-refractivity contribution in [3.05, 3.63) is 56.5 Å². The van der Waals surface area contributed by atoms with E-state index in [-0.39, 0.29) is 31.7 Å². The Morgan fingerprint density at radius 3 is 2.54 bits per heavy atom. The molecule has 3 N–H and O–H groups in total. The summed E-state index contributed by atoms with van der Waals surface area (Å²) in [4.78, 5) is 9.81. The molecule has 0 atom stereocenters. The van der Waals surface area contributed by atoms with Gasteiger partial charge >= 0.3 is 10.1 Å². The molecule has 2 aromatic carbocycles. The summed E-state index contributed by atoms with van der Waals surface area (Å²) in [5, 5.41) is 14.5. The second kappa shape index (κ2) is 8.95. The Morgan fingerprint density at radius 2 is 2.00 bits per heavy atom. The van der Waals surface area contributed by atoms with E-state index in [2.05, 4.69) is 38.7 Å². The zero-order valence-corrected chi connectivity index (χ0v) is 17.4. The topological polar surface area (TPSA) is 146 Å². The summed E-state index contributed by atoms with van der Waals surface area (Å²) >= 11 is 7.85. The zero-order valence-electron chi connectivity index (χ0n) is 14.2. The number of non-ortho nitro benzene ring substituents is 1. The molecule has 0 amide bonds. The second-order valence-electron chi connectivity index (χ2n) is 5.06. The standard InChI is InChI=1S/C15H13BrN4O6S2/c1-25-13-7-9(8-18-19-15(17)27)6-12(16)14(13)26-28(23,24)11-4-2-10(3-5-11)20(21)22/h2-8H,1H3,(H3,17,19,27)/b18-8-. The van der Waals surface area contributed by atoms with Crippen molar-refractivity contribution in [3.8, 4) is 11.5 Å². The van der Waals surface area contributed by atoms with Crippen LogP contribution in [0.5, 0.6) is 11.5 Å². The van der Waals surface area contributed by atoms with E-state index < -0.39 is 15.0 Å². The van der Waals surface area contributed by atoms with Crippen LogP contribution in [0.25, 0.3) is 0 Å². The number of methoxy groups -OCH3 is 1. The molecular formula is C15H13BrN4O6S2. The summed E-state index contributed by atoms with van der Waals surface area (Å²) in [6.07, 6.45) is 1.39. The lowest BCUT2D eigenvalue weighted by Gasteiger charge is -2.13. The third-order valence-corrected chi connectivity index (χ3v) is 5.09. The Balaban J connectivity index is 2.34. The Hall–Kier alpha value is -2.77. The molecule has 0 bridgehead atoms. The first kappa shape index (κ1) is 21.5. The van der Waals surface area contributed by atoms with Gasteiger partial charge < -0.3 is 14.7 Å². The highest BCUT2D eigenvalue weighted by Crippen LogP contribution is 2.38. The third-order valence-electron chi connectivity index (χ3n) is 3.17. The molecule has 10 nitrogen and oxygen atoms in total. The predicted octanol–water partition coefficient (Wildman–Crippen LogP) is 2.30. The van der Waals surface area contributed by atoms with E-state index in [0.29, 0.717) is 5.56 Å². The van der Waals surface area contributed by atoms with Crippen LogP contribution in [0.1, 0.15) is 5.56 Å². The maximum Gasteiger partial charge on any atom is 0.339 e. The van der Waals surface area contributed by atoms with Gasteiger partial charge in [-0.1, -0.05) is 0 Å². The molecule has 0 radical (unpaired) electrons. The highest BCUT2D eigenvalue weighted by atomic mass is 79.9. The molecule has 0 aliphatic heterocycles. The fourth-order valence-corrected chi connectivity index (χ4v) is 3.62. The number of nitrogens with zero attached hydrogens (tertiary/aromatic N) is 2. The smallest absolute Gasteiger partial charge is 0.339 e. The molecule has 0 saturated carbocycles. The molecule has 0 heterocycles. The van der Waals surface area contributed by atoms with Crippen molar-refractivity contribution in [3.63, 3.8) is 0 Å². The molecule has 28 heavy (non-hydrogen) atoms. The molecule has 0 fully saturated rings. The largest absolute Gasteiger partial charge is 0.493 e. The minimum absolute atomic E-state index is 0.0172. The lowest BCUT2D eigenvalue weighted by atomic mass is 10.2. The number of thiocarbonyl (C=S) groups is 1. The van der Waals surface area contributed by atoms with Gasteiger partial charge in [-0.15, -0.1) is 0 Å². The quantitative estimate of drug-likeness (QED) is 0.197. The van der Waals surface area contributed by atoms with Gasteiger partial charge in [0, 0.05) is 12.1 Å². The first-order valence-electron chi connectivity index (χ1n) is 7.29. The van der Waals surface area contributed by atoms with Crippen molar-refractivity contribution in [2.75, 3.05) is 7.11 Å². The number of hydrazone groups is 1. The predicted molar refractivity (Wildman–Crippen MR) is 109 cm³/mol. The highest BCUT2D eigenvalue weighted by molar-refractivity contribution is 9.10. The fraction of sp³-hybridized carbons (Fsp3) is 0.0667. The number of rotatable bonds is 7. The molecule has 0 aliphatic rings. The van der Waals surface area contributed by atoms with E-state index in [1.54, 1.807) is 0 Å². The van der Waals surface area contributed by atoms with Crippen molar-refractivity contribution >= 4 is 55.3 Å². The molecule has 0 unspecified atom stereocenters. The molecule has 148 valence electrons. The molecule has 0 aliphatic carbocycles. The molecule has 2 aromatic rings. The van der Waals surface area contributed by atoms with E-state index in [9.17, 15) is 18.5 Å². The number of halogens is 1. The van der Waals surface area contributed by atoms with Gasteiger partial charge in [0.2, 0.25) is 0 Å². The van der Waals surface area contributed by atoms with Crippen LogP contribution in [-0.2, 0) is 10.1 Å². The Kier molecular flexibility index (Phi) is 6.88. The lowest BCUT2D eigenvalue weighted by Crippen LogP contribution is -2.24. The first-order chi connectivity index (χ1) is 13.1. The van der Waals surface area contributed by atoms with Crippen molar-refractivity contribution in [2.45, 2.75) is 4.90 Å². The summed E-state index contributed by atoms with van der Waals surface area (Å²) in [6, 6.07) is 7.31. The molecule has 0 saturated heterocycles. The first-order valence-corrected chi connectivity index (χ1v) is 9.90. The SMILES string of the molecule is COc1cc(/C=N\NC(N)=S)cc(Br)c1OS(=O)(=O)c1ccc([N+](=O)[O-])cc1. The summed E-state index contributed by atoms with van der Waals surface area (Å²) < 4.78 is 35.6. The number of ether oxygens (including phenoxy) is 1. The second-order valence-corrected chi connectivity index (χ2v) is 7.90. The van der Waals surface area contributed by atoms with Crippen LogP contribution >= 0.6 is 28.1 Å². The highest BCUT2D eigenvalue weighted by Gasteiger charge is 2.22. The minimum atomic E-state index is -4.26.